The van der Waals surface area contributed by atoms with Crippen molar-refractivity contribution in [2.24, 2.45) is 0 Å². The van der Waals surface area contributed by atoms with Crippen LogP contribution in [-0.2, 0) is 4.79 Å². The molecule has 0 bridgehead atoms. The molecule has 0 saturated carbocycles. The Bertz CT molecular complexity index is 621. The molecule has 2 rings (SSSR count). The predicted octanol–water partition coefficient (Wildman–Crippen LogP) is 2.96. The molecule has 2 aromatic rings. The van der Waals surface area contributed by atoms with Crippen molar-refractivity contribution in [3.63, 3.8) is 0 Å². The third-order valence-electron chi connectivity index (χ3n) is 3.86. The first kappa shape index (κ1) is 17.0. The van der Waals surface area contributed by atoms with Gasteiger partial charge in [-0.25, -0.2) is 0 Å². The number of amides is 1. The van der Waals surface area contributed by atoms with E-state index in [9.17, 15) is 9.90 Å². The Morgan fingerprint density at radius 3 is 2.30 bits per heavy atom. The van der Waals surface area contributed by atoms with E-state index < -0.39 is 0 Å². The number of rotatable bonds is 7. The molecule has 1 unspecified atom stereocenters. The van der Waals surface area contributed by atoms with E-state index in [-0.39, 0.29) is 25.1 Å². The van der Waals surface area contributed by atoms with E-state index in [0.717, 1.165) is 22.4 Å². The highest BCUT2D eigenvalue weighted by Crippen LogP contribution is 2.19. The average Bonchev–Trinajstić information content (AvgIpc) is 2.55. The summed E-state index contributed by atoms with van der Waals surface area (Å²) >= 11 is 0. The summed E-state index contributed by atoms with van der Waals surface area (Å²) in [4.78, 5) is 12.2. The van der Waals surface area contributed by atoms with Gasteiger partial charge in [0, 0.05) is 12.3 Å². The molecule has 0 aliphatic rings. The molecular weight excluding hydrogens is 288 g/mol. The van der Waals surface area contributed by atoms with Crippen molar-refractivity contribution in [2.75, 3.05) is 18.5 Å². The zero-order valence-electron chi connectivity index (χ0n) is 13.7. The van der Waals surface area contributed by atoms with Crippen LogP contribution in [0.2, 0.25) is 0 Å². The Balaban J connectivity index is 1.97. The number of aliphatic hydroxyl groups excluding tert-OH is 1. The van der Waals surface area contributed by atoms with E-state index in [2.05, 4.69) is 10.6 Å². The topological polar surface area (TPSA) is 61.4 Å². The second-order valence-corrected chi connectivity index (χ2v) is 5.66. The second kappa shape index (κ2) is 8.34. The van der Waals surface area contributed by atoms with Crippen molar-refractivity contribution in [2.45, 2.75) is 26.3 Å². The van der Waals surface area contributed by atoms with Crippen molar-refractivity contribution in [3.8, 4) is 0 Å². The lowest BCUT2D eigenvalue weighted by molar-refractivity contribution is -0.120. The fraction of sp³-hybridized carbons (Fsp3) is 0.316. The molecule has 4 nitrogen and oxygen atoms in total. The third kappa shape index (κ3) is 4.83. The highest BCUT2D eigenvalue weighted by Gasteiger charge is 2.14. The monoisotopic (exact) mass is 312 g/mol. The standard InChI is InChI=1S/C19H24N2O2/c1-14-7-6-8-15(2)19(14)20-13-18(23)21-17(11-12-22)16-9-4-3-5-10-16/h3-10,17,20,22H,11-13H2,1-2H3,(H,21,23). The van der Waals surface area contributed by atoms with Crippen LogP contribution in [-0.4, -0.2) is 24.2 Å². The van der Waals surface area contributed by atoms with Gasteiger partial charge in [0.1, 0.15) is 0 Å². The van der Waals surface area contributed by atoms with Gasteiger partial charge in [-0.1, -0.05) is 48.5 Å². The fourth-order valence-electron chi connectivity index (χ4n) is 2.64. The lowest BCUT2D eigenvalue weighted by Crippen LogP contribution is -2.34. The van der Waals surface area contributed by atoms with Gasteiger partial charge >= 0.3 is 0 Å². The van der Waals surface area contributed by atoms with E-state index in [1.165, 1.54) is 0 Å². The molecule has 0 aliphatic heterocycles. The number of nitrogens with one attached hydrogen (secondary N) is 2. The zero-order chi connectivity index (χ0) is 16.7. The molecule has 0 aliphatic carbocycles. The van der Waals surface area contributed by atoms with Crippen LogP contribution < -0.4 is 10.6 Å². The number of anilines is 1. The molecule has 1 amide bonds. The molecule has 0 spiro atoms. The van der Waals surface area contributed by atoms with Gasteiger partial charge in [0.05, 0.1) is 12.6 Å². The molecular formula is C19H24N2O2. The average molecular weight is 312 g/mol. The molecule has 0 saturated heterocycles. The Labute approximate surface area is 137 Å². The Morgan fingerprint density at radius 2 is 1.70 bits per heavy atom. The van der Waals surface area contributed by atoms with Gasteiger partial charge in [-0.15, -0.1) is 0 Å². The van der Waals surface area contributed by atoms with Gasteiger partial charge < -0.3 is 15.7 Å². The molecule has 1 atom stereocenters. The minimum Gasteiger partial charge on any atom is -0.396 e. The number of hydrogen-bond acceptors (Lipinski definition) is 3. The zero-order valence-corrected chi connectivity index (χ0v) is 13.7. The normalized spacial score (nSPS) is 11.8. The number of hydrogen-bond donors (Lipinski definition) is 3. The number of para-hydroxylation sites is 1. The third-order valence-corrected chi connectivity index (χ3v) is 3.86. The first-order valence-electron chi connectivity index (χ1n) is 7.87. The van der Waals surface area contributed by atoms with Crippen LogP contribution in [0, 0.1) is 13.8 Å². The maximum atomic E-state index is 12.2. The molecule has 0 fully saturated rings. The number of benzene rings is 2. The largest absolute Gasteiger partial charge is 0.396 e. The van der Waals surface area contributed by atoms with Gasteiger partial charge in [-0.05, 0) is 37.0 Å². The highest BCUT2D eigenvalue weighted by molar-refractivity contribution is 5.81. The number of carbonyl (C=O) groups excluding carboxylic acids is 1. The summed E-state index contributed by atoms with van der Waals surface area (Å²) in [5.41, 5.74) is 4.24. The second-order valence-electron chi connectivity index (χ2n) is 5.66. The first-order valence-corrected chi connectivity index (χ1v) is 7.87. The van der Waals surface area contributed by atoms with Crippen LogP contribution in [0.15, 0.2) is 48.5 Å². The van der Waals surface area contributed by atoms with Crippen molar-refractivity contribution in [3.05, 3.63) is 65.2 Å². The Kier molecular flexibility index (Phi) is 6.18. The van der Waals surface area contributed by atoms with E-state index in [1.807, 2.05) is 62.4 Å². The van der Waals surface area contributed by atoms with Gasteiger partial charge in [0.2, 0.25) is 5.91 Å². The summed E-state index contributed by atoms with van der Waals surface area (Å²) < 4.78 is 0. The van der Waals surface area contributed by atoms with Crippen molar-refractivity contribution < 1.29 is 9.90 Å². The van der Waals surface area contributed by atoms with Gasteiger partial charge in [0.15, 0.2) is 0 Å². The fourth-order valence-corrected chi connectivity index (χ4v) is 2.64. The van der Waals surface area contributed by atoms with E-state index in [1.54, 1.807) is 0 Å². The Hall–Kier alpha value is -2.33. The van der Waals surface area contributed by atoms with Gasteiger partial charge in [-0.2, -0.15) is 0 Å². The molecule has 0 heterocycles. The summed E-state index contributed by atoms with van der Waals surface area (Å²) in [7, 11) is 0. The number of aliphatic hydroxyl groups is 1. The quantitative estimate of drug-likeness (QED) is 0.736. The van der Waals surface area contributed by atoms with Crippen LogP contribution >= 0.6 is 0 Å². The smallest absolute Gasteiger partial charge is 0.239 e. The van der Waals surface area contributed by atoms with Gasteiger partial charge in [-0.3, -0.25) is 4.79 Å². The minimum atomic E-state index is -0.173. The van der Waals surface area contributed by atoms with E-state index in [4.69, 9.17) is 0 Å². The number of aryl methyl sites for hydroxylation is 2. The predicted molar refractivity (Wildman–Crippen MR) is 93.4 cm³/mol. The summed E-state index contributed by atoms with van der Waals surface area (Å²) in [5, 5.41) is 15.4. The van der Waals surface area contributed by atoms with Crippen molar-refractivity contribution in [1.29, 1.82) is 0 Å². The summed E-state index contributed by atoms with van der Waals surface area (Å²) in [6.45, 7) is 4.28. The molecule has 3 N–H and O–H groups in total. The molecule has 23 heavy (non-hydrogen) atoms. The first-order chi connectivity index (χ1) is 11.1. The maximum Gasteiger partial charge on any atom is 0.239 e. The van der Waals surface area contributed by atoms with Crippen LogP contribution in [0.3, 0.4) is 0 Å². The molecule has 0 aromatic heterocycles. The van der Waals surface area contributed by atoms with Crippen LogP contribution in [0.25, 0.3) is 0 Å². The SMILES string of the molecule is Cc1cccc(C)c1NCC(=O)NC(CCO)c1ccccc1. The van der Waals surface area contributed by atoms with E-state index >= 15 is 0 Å². The molecule has 0 radical (unpaired) electrons. The molecule has 2 aromatic carbocycles. The van der Waals surface area contributed by atoms with Crippen LogP contribution in [0.5, 0.6) is 0 Å². The Morgan fingerprint density at radius 1 is 1.04 bits per heavy atom. The molecule has 4 heteroatoms. The lowest BCUT2D eigenvalue weighted by atomic mass is 10.0. The highest BCUT2D eigenvalue weighted by atomic mass is 16.3. The lowest BCUT2D eigenvalue weighted by Gasteiger charge is -2.19. The molecule has 122 valence electrons. The van der Waals surface area contributed by atoms with Crippen LogP contribution in [0.1, 0.15) is 29.2 Å². The van der Waals surface area contributed by atoms with E-state index in [0.29, 0.717) is 6.42 Å². The summed E-state index contributed by atoms with van der Waals surface area (Å²) in [6, 6.07) is 15.6. The van der Waals surface area contributed by atoms with Gasteiger partial charge in [0.25, 0.3) is 0 Å². The summed E-state index contributed by atoms with van der Waals surface area (Å²) in [5.74, 6) is -0.0880. The summed E-state index contributed by atoms with van der Waals surface area (Å²) in [6.07, 6.45) is 0.499. The van der Waals surface area contributed by atoms with Crippen LogP contribution in [0.4, 0.5) is 5.69 Å². The number of carbonyl (C=O) groups is 1. The minimum absolute atomic E-state index is 0.0319. The maximum absolute atomic E-state index is 12.2. The van der Waals surface area contributed by atoms with Crippen molar-refractivity contribution >= 4 is 11.6 Å². The van der Waals surface area contributed by atoms with Crippen molar-refractivity contribution in [1.82, 2.24) is 5.32 Å².